The lowest BCUT2D eigenvalue weighted by atomic mass is 10.2. The number of hydrogen-bond acceptors (Lipinski definition) is 7. The standard InChI is InChI=1S/C24H30N6O3/c1-6-30(7-2)22-15-21(25-16(3)26-22)27-17-11-13-18(14-12-17)28-24(31)29-19-9-8-10-20(32-4)23(19)33-5/h8-15H,6-7H2,1-5H3,(H,25,26,27)(H2,28,29,31). The van der Waals surface area contributed by atoms with E-state index in [1.54, 1.807) is 25.3 Å². The number of aromatic nitrogens is 2. The molecule has 2 aromatic carbocycles. The number of benzene rings is 2. The minimum atomic E-state index is -0.391. The van der Waals surface area contributed by atoms with Crippen LogP contribution < -0.4 is 30.3 Å². The van der Waals surface area contributed by atoms with Crippen LogP contribution in [0.2, 0.25) is 0 Å². The second-order valence-corrected chi connectivity index (χ2v) is 7.15. The molecule has 0 radical (unpaired) electrons. The maximum absolute atomic E-state index is 12.5. The third kappa shape index (κ3) is 6.03. The fourth-order valence-electron chi connectivity index (χ4n) is 3.38. The number of carbonyl (C=O) groups is 1. The quantitative estimate of drug-likeness (QED) is 0.420. The summed E-state index contributed by atoms with van der Waals surface area (Å²) in [6.07, 6.45) is 0. The number of amides is 2. The lowest BCUT2D eigenvalue weighted by Crippen LogP contribution is -2.23. The first-order valence-electron chi connectivity index (χ1n) is 10.7. The van der Waals surface area contributed by atoms with Crippen molar-refractivity contribution in [1.82, 2.24) is 9.97 Å². The minimum Gasteiger partial charge on any atom is -0.493 e. The van der Waals surface area contributed by atoms with Gasteiger partial charge in [-0.1, -0.05) is 6.07 Å². The van der Waals surface area contributed by atoms with E-state index in [1.165, 1.54) is 7.11 Å². The van der Waals surface area contributed by atoms with E-state index in [0.29, 0.717) is 34.5 Å². The Kier molecular flexibility index (Phi) is 7.91. The molecule has 2 amide bonds. The zero-order valence-electron chi connectivity index (χ0n) is 19.6. The molecule has 3 N–H and O–H groups in total. The molecule has 0 saturated heterocycles. The minimum absolute atomic E-state index is 0.391. The number of nitrogens with one attached hydrogen (secondary N) is 3. The maximum Gasteiger partial charge on any atom is 0.323 e. The van der Waals surface area contributed by atoms with E-state index in [9.17, 15) is 4.79 Å². The summed E-state index contributed by atoms with van der Waals surface area (Å²) in [5.74, 6) is 3.30. The number of urea groups is 1. The van der Waals surface area contributed by atoms with Crippen molar-refractivity contribution in [2.24, 2.45) is 0 Å². The van der Waals surface area contributed by atoms with E-state index in [4.69, 9.17) is 9.47 Å². The van der Waals surface area contributed by atoms with Gasteiger partial charge in [0.05, 0.1) is 19.9 Å². The highest BCUT2D eigenvalue weighted by Crippen LogP contribution is 2.34. The summed E-state index contributed by atoms with van der Waals surface area (Å²) < 4.78 is 10.6. The molecule has 3 rings (SSSR count). The average molecular weight is 451 g/mol. The van der Waals surface area contributed by atoms with Gasteiger partial charge in [0, 0.05) is 30.5 Å². The highest BCUT2D eigenvalue weighted by atomic mass is 16.5. The first-order valence-corrected chi connectivity index (χ1v) is 10.7. The largest absolute Gasteiger partial charge is 0.493 e. The van der Waals surface area contributed by atoms with Crippen molar-refractivity contribution >= 4 is 34.7 Å². The zero-order chi connectivity index (χ0) is 23.8. The Morgan fingerprint density at radius 2 is 1.64 bits per heavy atom. The van der Waals surface area contributed by atoms with Crippen molar-refractivity contribution in [2.75, 3.05) is 48.2 Å². The van der Waals surface area contributed by atoms with Gasteiger partial charge in [-0.15, -0.1) is 0 Å². The van der Waals surface area contributed by atoms with Crippen LogP contribution in [0.5, 0.6) is 11.5 Å². The summed E-state index contributed by atoms with van der Waals surface area (Å²) in [7, 11) is 3.07. The predicted molar refractivity (Wildman–Crippen MR) is 132 cm³/mol. The molecular weight excluding hydrogens is 420 g/mol. The molecular formula is C24H30N6O3. The predicted octanol–water partition coefficient (Wildman–Crippen LogP) is 5.04. The smallest absolute Gasteiger partial charge is 0.323 e. The van der Waals surface area contributed by atoms with Gasteiger partial charge in [0.1, 0.15) is 17.5 Å². The number of methoxy groups -OCH3 is 2. The van der Waals surface area contributed by atoms with Crippen molar-refractivity contribution in [3.05, 3.63) is 54.4 Å². The fourth-order valence-corrected chi connectivity index (χ4v) is 3.38. The van der Waals surface area contributed by atoms with Gasteiger partial charge in [-0.3, -0.25) is 0 Å². The molecule has 9 nitrogen and oxygen atoms in total. The number of ether oxygens (including phenoxy) is 2. The van der Waals surface area contributed by atoms with Crippen LogP contribution in [0, 0.1) is 6.92 Å². The van der Waals surface area contributed by atoms with Gasteiger partial charge in [0.15, 0.2) is 11.5 Å². The molecule has 0 aliphatic carbocycles. The number of carbonyl (C=O) groups excluding carboxylic acids is 1. The van der Waals surface area contributed by atoms with E-state index in [-0.39, 0.29) is 0 Å². The monoisotopic (exact) mass is 450 g/mol. The van der Waals surface area contributed by atoms with E-state index >= 15 is 0 Å². The van der Waals surface area contributed by atoms with Crippen LogP contribution in [-0.2, 0) is 0 Å². The van der Waals surface area contributed by atoms with E-state index in [1.807, 2.05) is 37.3 Å². The molecule has 0 aliphatic rings. The molecule has 9 heteroatoms. The van der Waals surface area contributed by atoms with Crippen molar-refractivity contribution < 1.29 is 14.3 Å². The van der Waals surface area contributed by atoms with Crippen molar-refractivity contribution in [1.29, 1.82) is 0 Å². The molecule has 0 unspecified atom stereocenters. The lowest BCUT2D eigenvalue weighted by Gasteiger charge is -2.20. The molecule has 0 bridgehead atoms. The molecule has 33 heavy (non-hydrogen) atoms. The van der Waals surface area contributed by atoms with Crippen molar-refractivity contribution in [3.63, 3.8) is 0 Å². The first kappa shape index (κ1) is 23.6. The fraction of sp³-hybridized carbons (Fsp3) is 0.292. The van der Waals surface area contributed by atoms with Crippen LogP contribution in [0.1, 0.15) is 19.7 Å². The Hall–Kier alpha value is -4.01. The van der Waals surface area contributed by atoms with Crippen molar-refractivity contribution in [2.45, 2.75) is 20.8 Å². The summed E-state index contributed by atoms with van der Waals surface area (Å²) in [5.41, 5.74) is 2.00. The summed E-state index contributed by atoms with van der Waals surface area (Å²) in [4.78, 5) is 23.6. The van der Waals surface area contributed by atoms with E-state index in [0.717, 1.165) is 24.6 Å². The number of anilines is 5. The van der Waals surface area contributed by atoms with Gasteiger partial charge in [0.25, 0.3) is 0 Å². The van der Waals surface area contributed by atoms with Crippen LogP contribution in [0.4, 0.5) is 33.5 Å². The Labute approximate surface area is 194 Å². The van der Waals surface area contributed by atoms with Crippen molar-refractivity contribution in [3.8, 4) is 11.5 Å². The van der Waals surface area contributed by atoms with Crippen LogP contribution in [-0.4, -0.2) is 43.3 Å². The molecule has 0 atom stereocenters. The van der Waals surface area contributed by atoms with Crippen LogP contribution in [0.15, 0.2) is 48.5 Å². The Morgan fingerprint density at radius 3 is 2.27 bits per heavy atom. The van der Waals surface area contributed by atoms with Crippen LogP contribution in [0.3, 0.4) is 0 Å². The van der Waals surface area contributed by atoms with Crippen LogP contribution >= 0.6 is 0 Å². The third-order valence-corrected chi connectivity index (χ3v) is 4.98. The second kappa shape index (κ2) is 11.0. The van der Waals surface area contributed by atoms with E-state index in [2.05, 4.69) is 44.7 Å². The summed E-state index contributed by atoms with van der Waals surface area (Å²) >= 11 is 0. The van der Waals surface area contributed by atoms with Gasteiger partial charge in [-0.05, 0) is 57.2 Å². The van der Waals surface area contributed by atoms with Gasteiger partial charge in [-0.25, -0.2) is 14.8 Å². The Balaban J connectivity index is 1.66. The molecule has 1 heterocycles. The first-order chi connectivity index (χ1) is 16.0. The second-order valence-electron chi connectivity index (χ2n) is 7.15. The number of aryl methyl sites for hydroxylation is 1. The number of rotatable bonds is 9. The van der Waals surface area contributed by atoms with Gasteiger partial charge in [0.2, 0.25) is 0 Å². The average Bonchev–Trinajstić information content (AvgIpc) is 2.80. The SMILES string of the molecule is CCN(CC)c1cc(Nc2ccc(NC(=O)Nc3cccc(OC)c3OC)cc2)nc(C)n1. The number of para-hydroxylation sites is 1. The van der Waals surface area contributed by atoms with E-state index < -0.39 is 6.03 Å². The summed E-state index contributed by atoms with van der Waals surface area (Å²) in [6.45, 7) is 7.81. The lowest BCUT2D eigenvalue weighted by molar-refractivity contribution is 0.262. The van der Waals surface area contributed by atoms with Gasteiger partial charge in [-0.2, -0.15) is 0 Å². The Morgan fingerprint density at radius 1 is 0.939 bits per heavy atom. The molecule has 1 aromatic heterocycles. The summed E-state index contributed by atoms with van der Waals surface area (Å²) in [5, 5.41) is 8.89. The van der Waals surface area contributed by atoms with Gasteiger partial charge < -0.3 is 30.3 Å². The highest BCUT2D eigenvalue weighted by Gasteiger charge is 2.12. The Bertz CT molecular complexity index is 1080. The van der Waals surface area contributed by atoms with Gasteiger partial charge >= 0.3 is 6.03 Å². The normalized spacial score (nSPS) is 10.3. The number of hydrogen-bond donors (Lipinski definition) is 3. The number of nitrogens with zero attached hydrogens (tertiary/aromatic N) is 3. The highest BCUT2D eigenvalue weighted by molar-refractivity contribution is 6.01. The van der Waals surface area contributed by atoms with Crippen LogP contribution in [0.25, 0.3) is 0 Å². The molecule has 0 spiro atoms. The summed E-state index contributed by atoms with van der Waals surface area (Å²) in [6, 6.07) is 14.2. The maximum atomic E-state index is 12.5. The molecule has 0 fully saturated rings. The molecule has 0 saturated carbocycles. The topological polar surface area (TPSA) is 101 Å². The zero-order valence-corrected chi connectivity index (χ0v) is 19.6. The molecule has 174 valence electrons. The molecule has 0 aliphatic heterocycles. The third-order valence-electron chi connectivity index (χ3n) is 4.98. The molecule has 3 aromatic rings.